The van der Waals surface area contributed by atoms with E-state index >= 15 is 0 Å². The molecule has 1 aromatic rings. The Hall–Kier alpha value is -1.16. The predicted molar refractivity (Wildman–Crippen MR) is 82.0 cm³/mol. The van der Waals surface area contributed by atoms with E-state index in [9.17, 15) is 0 Å². The highest BCUT2D eigenvalue weighted by atomic mass is 16.5. The molecule has 2 rings (SSSR count). The molecule has 0 aromatic carbocycles. The molecule has 20 heavy (non-hydrogen) atoms. The highest BCUT2D eigenvalue weighted by Crippen LogP contribution is 2.41. The fourth-order valence-corrected chi connectivity index (χ4v) is 2.38. The van der Waals surface area contributed by atoms with Crippen molar-refractivity contribution in [2.45, 2.75) is 59.0 Å². The van der Waals surface area contributed by atoms with E-state index in [2.05, 4.69) is 44.1 Å². The quantitative estimate of drug-likeness (QED) is 0.856. The Balaban J connectivity index is 2.32. The van der Waals surface area contributed by atoms with E-state index in [-0.39, 0.29) is 11.5 Å². The summed E-state index contributed by atoms with van der Waals surface area (Å²) in [6, 6.07) is 2.10. The van der Waals surface area contributed by atoms with Crippen molar-refractivity contribution in [3.05, 3.63) is 17.6 Å². The maximum absolute atomic E-state index is 5.66. The van der Waals surface area contributed by atoms with E-state index in [1.165, 1.54) is 18.5 Å². The van der Waals surface area contributed by atoms with Gasteiger partial charge in [-0.05, 0) is 24.7 Å². The van der Waals surface area contributed by atoms with Crippen LogP contribution in [-0.2, 0) is 4.74 Å². The molecular weight excluding hydrogens is 250 g/mol. The van der Waals surface area contributed by atoms with E-state index in [4.69, 9.17) is 9.72 Å². The maximum atomic E-state index is 5.66. The van der Waals surface area contributed by atoms with Crippen molar-refractivity contribution in [2.75, 3.05) is 19.0 Å². The second-order valence-electron chi connectivity index (χ2n) is 6.72. The number of hydrogen-bond acceptors (Lipinski definition) is 4. The Labute approximate surface area is 122 Å². The van der Waals surface area contributed by atoms with Crippen LogP contribution >= 0.6 is 0 Å². The van der Waals surface area contributed by atoms with Crippen molar-refractivity contribution in [1.82, 2.24) is 9.97 Å². The molecule has 0 radical (unpaired) electrons. The van der Waals surface area contributed by atoms with Crippen LogP contribution in [0.25, 0.3) is 0 Å². The topological polar surface area (TPSA) is 47.0 Å². The molecule has 4 heteroatoms. The number of rotatable bonds is 6. The summed E-state index contributed by atoms with van der Waals surface area (Å²) in [5, 5.41) is 3.38. The standard InChI is InChI=1S/C16H27N3O/c1-6-9-17-13-10-12(11-7-8-11)18-15(19-13)14(20-5)16(2,3)4/h10-11,14H,6-9H2,1-5H3,(H,17,18,19). The normalized spacial score (nSPS) is 17.1. The largest absolute Gasteiger partial charge is 0.373 e. The zero-order valence-corrected chi connectivity index (χ0v) is 13.4. The van der Waals surface area contributed by atoms with Gasteiger partial charge in [0.25, 0.3) is 0 Å². The number of hydrogen-bond donors (Lipinski definition) is 1. The smallest absolute Gasteiger partial charge is 0.160 e. The second-order valence-corrected chi connectivity index (χ2v) is 6.72. The molecule has 1 aliphatic rings. The zero-order chi connectivity index (χ0) is 14.8. The van der Waals surface area contributed by atoms with Gasteiger partial charge in [-0.1, -0.05) is 27.7 Å². The molecule has 0 aliphatic heterocycles. The summed E-state index contributed by atoms with van der Waals surface area (Å²) < 4.78 is 5.66. The zero-order valence-electron chi connectivity index (χ0n) is 13.4. The highest BCUT2D eigenvalue weighted by molar-refractivity contribution is 5.38. The van der Waals surface area contributed by atoms with Gasteiger partial charge in [0.05, 0.1) is 0 Å². The molecule has 1 fully saturated rings. The minimum atomic E-state index is -0.0802. The molecule has 0 bridgehead atoms. The lowest BCUT2D eigenvalue weighted by Crippen LogP contribution is -2.23. The molecule has 1 unspecified atom stereocenters. The molecule has 112 valence electrons. The Kier molecular flexibility index (Phi) is 4.63. The van der Waals surface area contributed by atoms with Gasteiger partial charge in [0.15, 0.2) is 5.82 Å². The van der Waals surface area contributed by atoms with Crippen LogP contribution in [0, 0.1) is 5.41 Å². The molecule has 1 N–H and O–H groups in total. The Morgan fingerprint density at radius 3 is 2.55 bits per heavy atom. The summed E-state index contributed by atoms with van der Waals surface area (Å²) in [6.45, 7) is 9.58. The van der Waals surface area contributed by atoms with Crippen molar-refractivity contribution in [3.8, 4) is 0 Å². The molecule has 0 spiro atoms. The van der Waals surface area contributed by atoms with E-state index in [0.717, 1.165) is 24.6 Å². The molecule has 1 aromatic heterocycles. The van der Waals surface area contributed by atoms with Gasteiger partial charge in [0.1, 0.15) is 11.9 Å². The third-order valence-corrected chi connectivity index (χ3v) is 3.57. The van der Waals surface area contributed by atoms with Crippen LogP contribution in [0.1, 0.15) is 70.5 Å². The van der Waals surface area contributed by atoms with Crippen molar-refractivity contribution >= 4 is 5.82 Å². The van der Waals surface area contributed by atoms with Crippen molar-refractivity contribution in [3.63, 3.8) is 0 Å². The van der Waals surface area contributed by atoms with E-state index < -0.39 is 0 Å². The Bertz CT molecular complexity index is 450. The average molecular weight is 277 g/mol. The Morgan fingerprint density at radius 1 is 1.35 bits per heavy atom. The number of aromatic nitrogens is 2. The van der Waals surface area contributed by atoms with Crippen LogP contribution < -0.4 is 5.32 Å². The summed E-state index contributed by atoms with van der Waals surface area (Å²) in [7, 11) is 1.74. The molecule has 4 nitrogen and oxygen atoms in total. The van der Waals surface area contributed by atoms with Crippen molar-refractivity contribution in [1.29, 1.82) is 0 Å². The molecule has 1 atom stereocenters. The van der Waals surface area contributed by atoms with Gasteiger partial charge >= 0.3 is 0 Å². The van der Waals surface area contributed by atoms with Gasteiger partial charge in [-0.15, -0.1) is 0 Å². The van der Waals surface area contributed by atoms with Gasteiger partial charge in [-0.2, -0.15) is 0 Å². The van der Waals surface area contributed by atoms with E-state index in [0.29, 0.717) is 5.92 Å². The summed E-state index contributed by atoms with van der Waals surface area (Å²) in [4.78, 5) is 9.44. The first-order chi connectivity index (χ1) is 9.45. The van der Waals surface area contributed by atoms with Gasteiger partial charge in [0, 0.05) is 31.3 Å². The van der Waals surface area contributed by atoms with Crippen LogP contribution in [0.15, 0.2) is 6.07 Å². The molecule has 1 aliphatic carbocycles. The van der Waals surface area contributed by atoms with Crippen molar-refractivity contribution in [2.24, 2.45) is 5.41 Å². The summed E-state index contributed by atoms with van der Waals surface area (Å²) >= 11 is 0. The number of anilines is 1. The molecular formula is C16H27N3O. The second kappa shape index (κ2) is 6.08. The summed E-state index contributed by atoms with van der Waals surface area (Å²) in [6.07, 6.45) is 3.50. The van der Waals surface area contributed by atoms with Gasteiger partial charge in [-0.25, -0.2) is 9.97 Å². The predicted octanol–water partition coefficient (Wildman–Crippen LogP) is 3.91. The average Bonchev–Trinajstić information content (AvgIpc) is 3.19. The maximum Gasteiger partial charge on any atom is 0.160 e. The van der Waals surface area contributed by atoms with Gasteiger partial charge in [0.2, 0.25) is 0 Å². The minimum Gasteiger partial charge on any atom is -0.373 e. The summed E-state index contributed by atoms with van der Waals surface area (Å²) in [5.74, 6) is 2.37. The number of methoxy groups -OCH3 is 1. The molecule has 0 amide bonds. The SMILES string of the molecule is CCCNc1cc(C2CC2)nc(C(OC)C(C)(C)C)n1. The molecule has 1 heterocycles. The first-order valence-corrected chi connectivity index (χ1v) is 7.61. The first kappa shape index (κ1) is 15.2. The lowest BCUT2D eigenvalue weighted by atomic mass is 9.88. The number of nitrogens with zero attached hydrogens (tertiary/aromatic N) is 2. The number of nitrogens with one attached hydrogen (secondary N) is 1. The first-order valence-electron chi connectivity index (χ1n) is 7.61. The van der Waals surface area contributed by atoms with E-state index in [1.807, 2.05) is 0 Å². The third-order valence-electron chi connectivity index (χ3n) is 3.57. The monoisotopic (exact) mass is 277 g/mol. The van der Waals surface area contributed by atoms with E-state index in [1.54, 1.807) is 7.11 Å². The fraction of sp³-hybridized carbons (Fsp3) is 0.750. The van der Waals surface area contributed by atoms with Crippen molar-refractivity contribution < 1.29 is 4.74 Å². The molecule has 1 saturated carbocycles. The van der Waals surface area contributed by atoms with Crippen LogP contribution in [0.5, 0.6) is 0 Å². The van der Waals surface area contributed by atoms with Crippen LogP contribution in [0.4, 0.5) is 5.82 Å². The minimum absolute atomic E-state index is 0.0149. The van der Waals surface area contributed by atoms with Crippen LogP contribution in [0.3, 0.4) is 0 Å². The highest BCUT2D eigenvalue weighted by Gasteiger charge is 2.32. The van der Waals surface area contributed by atoms with Crippen LogP contribution in [-0.4, -0.2) is 23.6 Å². The fourth-order valence-electron chi connectivity index (χ4n) is 2.38. The van der Waals surface area contributed by atoms with Gasteiger partial charge < -0.3 is 10.1 Å². The number of ether oxygens (including phenoxy) is 1. The molecule has 0 saturated heterocycles. The van der Waals surface area contributed by atoms with Crippen LogP contribution in [0.2, 0.25) is 0 Å². The van der Waals surface area contributed by atoms with Gasteiger partial charge in [-0.3, -0.25) is 0 Å². The third kappa shape index (κ3) is 3.69. The lowest BCUT2D eigenvalue weighted by Gasteiger charge is -2.28. The summed E-state index contributed by atoms with van der Waals surface area (Å²) in [5.41, 5.74) is 1.15. The Morgan fingerprint density at radius 2 is 2.05 bits per heavy atom. The lowest BCUT2D eigenvalue weighted by molar-refractivity contribution is 0.00861.